The molecule has 88 valence electrons. The minimum atomic E-state index is 0.360. The van der Waals surface area contributed by atoms with Crippen LogP contribution < -0.4 is 0 Å². The highest BCUT2D eigenvalue weighted by Crippen LogP contribution is 2.37. The van der Waals surface area contributed by atoms with Gasteiger partial charge in [-0.15, -0.1) is 0 Å². The number of hydrogen-bond donors (Lipinski definition) is 1. The molecule has 1 heteroatoms. The van der Waals surface area contributed by atoms with Gasteiger partial charge in [0, 0.05) is 6.61 Å². The summed E-state index contributed by atoms with van der Waals surface area (Å²) in [6, 6.07) is 10.9. The van der Waals surface area contributed by atoms with Crippen molar-refractivity contribution >= 4 is 0 Å². The molecule has 0 heterocycles. The Hall–Kier alpha value is -0.820. The summed E-state index contributed by atoms with van der Waals surface area (Å²) in [4.78, 5) is 0. The van der Waals surface area contributed by atoms with Crippen LogP contribution in [-0.2, 0) is 0 Å². The van der Waals surface area contributed by atoms with E-state index in [1.807, 2.05) is 0 Å². The lowest BCUT2D eigenvalue weighted by Gasteiger charge is -2.28. The van der Waals surface area contributed by atoms with Gasteiger partial charge < -0.3 is 5.11 Å². The molecule has 16 heavy (non-hydrogen) atoms. The summed E-state index contributed by atoms with van der Waals surface area (Å²) in [6.45, 7) is 0.360. The summed E-state index contributed by atoms with van der Waals surface area (Å²) < 4.78 is 0. The molecule has 0 aromatic heterocycles. The first-order valence-corrected chi connectivity index (χ1v) is 6.56. The topological polar surface area (TPSA) is 20.2 Å². The first kappa shape index (κ1) is 11.7. The van der Waals surface area contributed by atoms with Gasteiger partial charge in [0.25, 0.3) is 0 Å². The Morgan fingerprint density at radius 1 is 1.00 bits per heavy atom. The second kappa shape index (κ2) is 6.05. The highest BCUT2D eigenvalue weighted by Gasteiger charge is 2.21. The van der Waals surface area contributed by atoms with Crippen LogP contribution >= 0.6 is 0 Å². The van der Waals surface area contributed by atoms with Crippen LogP contribution in [0.5, 0.6) is 0 Å². The van der Waals surface area contributed by atoms with Crippen LogP contribution in [0.3, 0.4) is 0 Å². The number of aliphatic hydroxyl groups excluding tert-OH is 1. The average molecular weight is 218 g/mol. The molecule has 0 spiro atoms. The fourth-order valence-corrected chi connectivity index (χ4v) is 2.89. The molecule has 0 aliphatic heterocycles. The third kappa shape index (κ3) is 3.08. The van der Waals surface area contributed by atoms with Crippen molar-refractivity contribution in [1.29, 1.82) is 0 Å². The average Bonchev–Trinajstić information content (AvgIpc) is 2.38. The Morgan fingerprint density at radius 2 is 1.69 bits per heavy atom. The van der Waals surface area contributed by atoms with Gasteiger partial charge in [-0.2, -0.15) is 0 Å². The quantitative estimate of drug-likeness (QED) is 0.816. The molecular formula is C15H22O. The van der Waals surface area contributed by atoms with Crippen molar-refractivity contribution in [1.82, 2.24) is 0 Å². The lowest BCUT2D eigenvalue weighted by molar-refractivity contribution is 0.246. The zero-order chi connectivity index (χ0) is 11.2. The van der Waals surface area contributed by atoms with E-state index in [0.29, 0.717) is 6.61 Å². The molecule has 0 atom stereocenters. The van der Waals surface area contributed by atoms with Crippen LogP contribution in [0.4, 0.5) is 0 Å². The van der Waals surface area contributed by atoms with Gasteiger partial charge in [0.1, 0.15) is 0 Å². The molecule has 0 bridgehead atoms. The van der Waals surface area contributed by atoms with Gasteiger partial charge in [0.15, 0.2) is 0 Å². The van der Waals surface area contributed by atoms with Crippen LogP contribution in [0.1, 0.15) is 50.0 Å². The van der Waals surface area contributed by atoms with Gasteiger partial charge in [-0.3, -0.25) is 0 Å². The molecule has 1 saturated carbocycles. The number of rotatable bonds is 4. The van der Waals surface area contributed by atoms with E-state index in [-0.39, 0.29) is 0 Å². The van der Waals surface area contributed by atoms with Gasteiger partial charge in [-0.25, -0.2) is 0 Å². The highest BCUT2D eigenvalue weighted by molar-refractivity contribution is 5.19. The first-order valence-electron chi connectivity index (χ1n) is 6.56. The van der Waals surface area contributed by atoms with E-state index >= 15 is 0 Å². The molecule has 1 aliphatic carbocycles. The largest absolute Gasteiger partial charge is 0.396 e. The van der Waals surface area contributed by atoms with E-state index in [9.17, 15) is 0 Å². The fourth-order valence-electron chi connectivity index (χ4n) is 2.89. The van der Waals surface area contributed by atoms with Crippen molar-refractivity contribution in [2.45, 2.75) is 44.4 Å². The zero-order valence-electron chi connectivity index (χ0n) is 9.94. The maximum Gasteiger partial charge on any atom is 0.0431 e. The molecule has 1 aliphatic rings. The summed E-state index contributed by atoms with van der Waals surface area (Å²) in [5, 5.41) is 8.83. The van der Waals surface area contributed by atoms with E-state index in [1.165, 1.54) is 37.7 Å². The highest BCUT2D eigenvalue weighted by atomic mass is 16.2. The maximum atomic E-state index is 8.83. The molecule has 1 aromatic rings. The van der Waals surface area contributed by atoms with Crippen LogP contribution in [0.15, 0.2) is 30.3 Å². The molecule has 1 aromatic carbocycles. The molecule has 1 N–H and O–H groups in total. The van der Waals surface area contributed by atoms with E-state index in [1.54, 1.807) is 0 Å². The predicted molar refractivity (Wildman–Crippen MR) is 67.5 cm³/mol. The molecule has 0 unspecified atom stereocenters. The molecular weight excluding hydrogens is 196 g/mol. The van der Waals surface area contributed by atoms with Gasteiger partial charge >= 0.3 is 0 Å². The molecule has 1 fully saturated rings. The van der Waals surface area contributed by atoms with Gasteiger partial charge in [0.2, 0.25) is 0 Å². The second-order valence-corrected chi connectivity index (χ2v) is 4.99. The van der Waals surface area contributed by atoms with Crippen molar-refractivity contribution in [2.75, 3.05) is 6.61 Å². The summed E-state index contributed by atoms with van der Waals surface area (Å²) >= 11 is 0. The number of benzene rings is 1. The molecule has 2 rings (SSSR count). The molecule has 0 radical (unpaired) electrons. The third-order valence-corrected chi connectivity index (χ3v) is 3.89. The second-order valence-electron chi connectivity index (χ2n) is 4.99. The Labute approximate surface area is 98.5 Å². The Bertz CT molecular complexity index is 286. The monoisotopic (exact) mass is 218 g/mol. The Balaban J connectivity index is 1.81. The first-order chi connectivity index (χ1) is 7.90. The Kier molecular flexibility index (Phi) is 4.41. The third-order valence-electron chi connectivity index (χ3n) is 3.89. The molecule has 1 nitrogen and oxygen atoms in total. The SMILES string of the molecule is OCCCC1CCC(c2ccccc2)CC1. The summed E-state index contributed by atoms with van der Waals surface area (Å²) in [6.07, 6.45) is 7.57. The van der Waals surface area contributed by atoms with Crippen LogP contribution in [0.2, 0.25) is 0 Å². The van der Waals surface area contributed by atoms with Crippen molar-refractivity contribution in [3.63, 3.8) is 0 Å². The lowest BCUT2D eigenvalue weighted by atomic mass is 9.77. The van der Waals surface area contributed by atoms with Crippen molar-refractivity contribution < 1.29 is 5.11 Å². The predicted octanol–water partition coefficient (Wildman–Crippen LogP) is 3.73. The summed E-state index contributed by atoms with van der Waals surface area (Å²) in [7, 11) is 0. The molecule has 0 amide bonds. The summed E-state index contributed by atoms with van der Waals surface area (Å²) in [5.74, 6) is 1.65. The van der Waals surface area contributed by atoms with Gasteiger partial charge in [-0.05, 0) is 55.9 Å². The van der Waals surface area contributed by atoms with Crippen molar-refractivity contribution in [2.24, 2.45) is 5.92 Å². The zero-order valence-corrected chi connectivity index (χ0v) is 9.94. The van der Waals surface area contributed by atoms with E-state index in [2.05, 4.69) is 30.3 Å². The summed E-state index contributed by atoms with van der Waals surface area (Å²) in [5.41, 5.74) is 1.52. The number of aliphatic hydroxyl groups is 1. The van der Waals surface area contributed by atoms with E-state index < -0.39 is 0 Å². The normalized spacial score (nSPS) is 25.6. The van der Waals surface area contributed by atoms with Crippen LogP contribution in [0.25, 0.3) is 0 Å². The van der Waals surface area contributed by atoms with Crippen LogP contribution in [0, 0.1) is 5.92 Å². The van der Waals surface area contributed by atoms with Crippen molar-refractivity contribution in [3.05, 3.63) is 35.9 Å². The molecule has 0 saturated heterocycles. The standard InChI is InChI=1S/C15H22O/c16-12-4-5-13-8-10-15(11-9-13)14-6-2-1-3-7-14/h1-3,6-7,13,15-16H,4-5,8-12H2. The minimum absolute atomic E-state index is 0.360. The van der Waals surface area contributed by atoms with Crippen LogP contribution in [-0.4, -0.2) is 11.7 Å². The minimum Gasteiger partial charge on any atom is -0.396 e. The van der Waals surface area contributed by atoms with Gasteiger partial charge in [-0.1, -0.05) is 30.3 Å². The van der Waals surface area contributed by atoms with Gasteiger partial charge in [0.05, 0.1) is 0 Å². The lowest BCUT2D eigenvalue weighted by Crippen LogP contribution is -2.13. The van der Waals surface area contributed by atoms with E-state index in [4.69, 9.17) is 5.11 Å². The number of hydrogen-bond acceptors (Lipinski definition) is 1. The maximum absolute atomic E-state index is 8.83. The Morgan fingerprint density at radius 3 is 2.31 bits per heavy atom. The fraction of sp³-hybridized carbons (Fsp3) is 0.600. The smallest absolute Gasteiger partial charge is 0.0431 e. The van der Waals surface area contributed by atoms with Crippen molar-refractivity contribution in [3.8, 4) is 0 Å². The van der Waals surface area contributed by atoms with E-state index in [0.717, 1.165) is 18.3 Å².